The number of carbonyl (C=O) groups is 2. The fraction of sp³-hybridized carbons (Fsp3) is 0.520. The van der Waals surface area contributed by atoms with Crippen LogP contribution in [0, 0.1) is 11.8 Å². The Morgan fingerprint density at radius 1 is 1.00 bits per heavy atom. The molecular formula is C25H28F3N3O3. The SMILES string of the molecule is O=C(Cc1ccccn1)c1ncccc1OC[C@H]1CCCN1C(=O)C1CCC(C(F)(F)F)CC1. The summed E-state index contributed by atoms with van der Waals surface area (Å²) in [6.45, 7) is 0.782. The second kappa shape index (κ2) is 10.5. The van der Waals surface area contributed by atoms with Crippen LogP contribution in [-0.2, 0) is 11.2 Å². The smallest absolute Gasteiger partial charge is 0.391 e. The number of nitrogens with zero attached hydrogens (tertiary/aromatic N) is 3. The average molecular weight is 476 g/mol. The van der Waals surface area contributed by atoms with Crippen LogP contribution < -0.4 is 4.74 Å². The highest BCUT2D eigenvalue weighted by molar-refractivity contribution is 5.97. The highest BCUT2D eigenvalue weighted by Crippen LogP contribution is 2.40. The molecule has 0 aromatic carbocycles. The van der Waals surface area contributed by atoms with Crippen LogP contribution in [0.3, 0.4) is 0 Å². The number of likely N-dealkylation sites (tertiary alicyclic amines) is 1. The van der Waals surface area contributed by atoms with Gasteiger partial charge in [-0.1, -0.05) is 6.07 Å². The Labute approximate surface area is 196 Å². The maximum absolute atomic E-state index is 13.1. The Balaban J connectivity index is 1.35. The second-order valence-corrected chi connectivity index (χ2v) is 9.00. The minimum atomic E-state index is -4.19. The van der Waals surface area contributed by atoms with Crippen molar-refractivity contribution in [3.05, 3.63) is 54.1 Å². The van der Waals surface area contributed by atoms with Gasteiger partial charge in [0.1, 0.15) is 18.1 Å². The molecular weight excluding hydrogens is 447 g/mol. The molecule has 1 saturated carbocycles. The lowest BCUT2D eigenvalue weighted by molar-refractivity contribution is -0.185. The Kier molecular flexibility index (Phi) is 7.48. The van der Waals surface area contributed by atoms with Gasteiger partial charge in [0.15, 0.2) is 5.78 Å². The molecule has 1 saturated heterocycles. The lowest BCUT2D eigenvalue weighted by atomic mass is 9.81. The van der Waals surface area contributed by atoms with Crippen LogP contribution in [0.2, 0.25) is 0 Å². The number of carbonyl (C=O) groups excluding carboxylic acids is 2. The molecule has 0 N–H and O–H groups in total. The Morgan fingerprint density at radius 2 is 1.76 bits per heavy atom. The molecule has 3 heterocycles. The van der Waals surface area contributed by atoms with Gasteiger partial charge < -0.3 is 9.64 Å². The van der Waals surface area contributed by atoms with Crippen molar-refractivity contribution in [2.45, 2.75) is 57.2 Å². The molecule has 4 rings (SSSR count). The van der Waals surface area contributed by atoms with E-state index in [0.29, 0.717) is 18.0 Å². The highest BCUT2D eigenvalue weighted by atomic mass is 19.4. The van der Waals surface area contributed by atoms with Crippen molar-refractivity contribution in [3.8, 4) is 5.75 Å². The van der Waals surface area contributed by atoms with Crippen molar-refractivity contribution in [3.63, 3.8) is 0 Å². The normalized spacial score (nSPS) is 23.0. The number of rotatable bonds is 7. The molecule has 9 heteroatoms. The van der Waals surface area contributed by atoms with Crippen LogP contribution in [0.1, 0.15) is 54.7 Å². The minimum absolute atomic E-state index is 0.00629. The first-order valence-corrected chi connectivity index (χ1v) is 11.7. The van der Waals surface area contributed by atoms with E-state index in [9.17, 15) is 22.8 Å². The van der Waals surface area contributed by atoms with Gasteiger partial charge >= 0.3 is 6.18 Å². The molecule has 1 atom stereocenters. The van der Waals surface area contributed by atoms with Crippen molar-refractivity contribution >= 4 is 11.7 Å². The van der Waals surface area contributed by atoms with E-state index in [4.69, 9.17) is 4.74 Å². The van der Waals surface area contributed by atoms with Crippen molar-refractivity contribution in [2.24, 2.45) is 11.8 Å². The van der Waals surface area contributed by atoms with Gasteiger partial charge in [0, 0.05) is 30.6 Å². The summed E-state index contributed by atoms with van der Waals surface area (Å²) < 4.78 is 44.8. The third kappa shape index (κ3) is 5.74. The molecule has 1 aliphatic carbocycles. The summed E-state index contributed by atoms with van der Waals surface area (Å²) in [5, 5.41) is 0. The number of pyridine rings is 2. The van der Waals surface area contributed by atoms with E-state index in [1.165, 1.54) is 6.20 Å². The fourth-order valence-corrected chi connectivity index (χ4v) is 4.85. The molecule has 1 amide bonds. The summed E-state index contributed by atoms with van der Waals surface area (Å²) >= 11 is 0. The number of ether oxygens (including phenoxy) is 1. The van der Waals surface area contributed by atoms with Gasteiger partial charge in [0.25, 0.3) is 0 Å². The predicted molar refractivity (Wildman–Crippen MR) is 118 cm³/mol. The van der Waals surface area contributed by atoms with Crippen LogP contribution in [0.25, 0.3) is 0 Å². The number of aromatic nitrogens is 2. The van der Waals surface area contributed by atoms with Gasteiger partial charge in [-0.25, -0.2) is 4.98 Å². The summed E-state index contributed by atoms with van der Waals surface area (Å²) in [5.74, 6) is -1.61. The van der Waals surface area contributed by atoms with E-state index < -0.39 is 12.1 Å². The molecule has 0 radical (unpaired) electrons. The van der Waals surface area contributed by atoms with Gasteiger partial charge in [-0.15, -0.1) is 0 Å². The molecule has 0 spiro atoms. The molecule has 1 aliphatic heterocycles. The van der Waals surface area contributed by atoms with Crippen LogP contribution in [-0.4, -0.2) is 51.9 Å². The van der Waals surface area contributed by atoms with Crippen molar-refractivity contribution in [2.75, 3.05) is 13.2 Å². The molecule has 2 fully saturated rings. The monoisotopic (exact) mass is 475 g/mol. The minimum Gasteiger partial charge on any atom is -0.489 e. The zero-order chi connectivity index (χ0) is 24.1. The number of ketones is 1. The summed E-state index contributed by atoms with van der Waals surface area (Å²) in [6, 6.07) is 8.55. The van der Waals surface area contributed by atoms with Crippen molar-refractivity contribution in [1.82, 2.24) is 14.9 Å². The van der Waals surface area contributed by atoms with Crippen LogP contribution in [0.4, 0.5) is 13.2 Å². The Bertz CT molecular complexity index is 992. The lowest BCUT2D eigenvalue weighted by Gasteiger charge is -2.33. The van der Waals surface area contributed by atoms with Gasteiger partial charge in [-0.2, -0.15) is 13.2 Å². The molecule has 2 aromatic rings. The number of Topliss-reactive ketones (excluding diaryl/α,β-unsaturated/α-hetero) is 1. The number of halogens is 3. The summed E-state index contributed by atoms with van der Waals surface area (Å²) in [5.41, 5.74) is 0.853. The second-order valence-electron chi connectivity index (χ2n) is 9.00. The van der Waals surface area contributed by atoms with Crippen molar-refractivity contribution in [1.29, 1.82) is 0 Å². The summed E-state index contributed by atoms with van der Waals surface area (Å²) in [4.78, 5) is 36.0. The van der Waals surface area contributed by atoms with Crippen LogP contribution in [0.5, 0.6) is 5.75 Å². The zero-order valence-electron chi connectivity index (χ0n) is 18.8. The molecule has 0 unspecified atom stereocenters. The quantitative estimate of drug-likeness (QED) is 0.546. The summed E-state index contributed by atoms with van der Waals surface area (Å²) in [6.07, 6.45) is 1.18. The van der Waals surface area contributed by atoms with Gasteiger partial charge in [0.05, 0.1) is 18.4 Å². The van der Waals surface area contributed by atoms with E-state index in [-0.39, 0.29) is 68.1 Å². The molecule has 34 heavy (non-hydrogen) atoms. The topological polar surface area (TPSA) is 72.4 Å². The van der Waals surface area contributed by atoms with E-state index in [1.54, 1.807) is 35.4 Å². The highest BCUT2D eigenvalue weighted by Gasteiger charge is 2.44. The Hall–Kier alpha value is -2.97. The molecule has 2 aromatic heterocycles. The van der Waals surface area contributed by atoms with E-state index in [2.05, 4.69) is 9.97 Å². The average Bonchev–Trinajstić information content (AvgIpc) is 3.31. The van der Waals surface area contributed by atoms with E-state index >= 15 is 0 Å². The standard InChI is InChI=1S/C25H28F3N3O3/c26-25(27,28)18-10-8-17(9-11-18)24(33)31-14-4-6-20(31)16-34-22-7-3-13-30-23(22)21(32)15-19-5-1-2-12-29-19/h1-3,5,7,12-13,17-18,20H,4,6,8-11,14-16H2/t17?,18?,20-/m1/s1. The predicted octanol–water partition coefficient (Wildman–Crippen LogP) is 4.64. The zero-order valence-corrected chi connectivity index (χ0v) is 18.8. The van der Waals surface area contributed by atoms with E-state index in [0.717, 1.165) is 12.8 Å². The third-order valence-electron chi connectivity index (χ3n) is 6.73. The van der Waals surface area contributed by atoms with Crippen molar-refractivity contribution < 1.29 is 27.5 Å². The molecule has 2 aliphatic rings. The number of amides is 1. The van der Waals surface area contributed by atoms with Gasteiger partial charge in [-0.05, 0) is 62.8 Å². The van der Waals surface area contributed by atoms with Crippen LogP contribution in [0.15, 0.2) is 42.7 Å². The first kappa shape index (κ1) is 24.2. The lowest BCUT2D eigenvalue weighted by Crippen LogP contribution is -2.44. The third-order valence-corrected chi connectivity index (χ3v) is 6.73. The molecule has 0 bridgehead atoms. The molecule has 6 nitrogen and oxygen atoms in total. The number of hydrogen-bond donors (Lipinski definition) is 0. The summed E-state index contributed by atoms with van der Waals surface area (Å²) in [7, 11) is 0. The largest absolute Gasteiger partial charge is 0.489 e. The fourth-order valence-electron chi connectivity index (χ4n) is 4.85. The number of hydrogen-bond acceptors (Lipinski definition) is 5. The first-order chi connectivity index (χ1) is 16.3. The van der Waals surface area contributed by atoms with Gasteiger partial charge in [0.2, 0.25) is 5.91 Å². The Morgan fingerprint density at radius 3 is 2.47 bits per heavy atom. The van der Waals surface area contributed by atoms with E-state index in [1.807, 2.05) is 6.07 Å². The first-order valence-electron chi connectivity index (χ1n) is 11.7. The maximum Gasteiger partial charge on any atom is 0.391 e. The van der Waals surface area contributed by atoms with Gasteiger partial charge in [-0.3, -0.25) is 14.6 Å². The van der Waals surface area contributed by atoms with Crippen LogP contribution >= 0.6 is 0 Å². The maximum atomic E-state index is 13.1. The number of alkyl halides is 3. The molecule has 182 valence electrons.